The molecule has 0 radical (unpaired) electrons. The summed E-state index contributed by atoms with van der Waals surface area (Å²) in [6.45, 7) is 2.39. The van der Waals surface area contributed by atoms with E-state index < -0.39 is 6.10 Å². The summed E-state index contributed by atoms with van der Waals surface area (Å²) in [5, 5.41) is 24.2. The van der Waals surface area contributed by atoms with Crippen molar-refractivity contribution in [1.82, 2.24) is 10.6 Å². The monoisotopic (exact) mass is 248 g/mol. The minimum absolute atomic E-state index is 0.00952. The average molecular weight is 248 g/mol. The number of rotatable bonds is 5. The van der Waals surface area contributed by atoms with E-state index in [0.29, 0.717) is 13.0 Å². The maximum Gasteiger partial charge on any atom is 0.237 e. The predicted octanol–water partition coefficient (Wildman–Crippen LogP) is -1.06. The lowest BCUT2D eigenvalue weighted by molar-refractivity contribution is -0.123. The highest BCUT2D eigenvalue weighted by Crippen LogP contribution is 2.12. The first kappa shape index (κ1) is 13.8. The van der Waals surface area contributed by atoms with Crippen molar-refractivity contribution in [3.63, 3.8) is 0 Å². The summed E-state index contributed by atoms with van der Waals surface area (Å²) < 4.78 is 0. The highest BCUT2D eigenvalue weighted by atomic mass is 32.2. The molecule has 6 heteroatoms. The Morgan fingerprint density at radius 2 is 2.38 bits per heavy atom. The number of carbonyl (C=O) groups is 1. The van der Waals surface area contributed by atoms with Crippen LogP contribution in [0.3, 0.4) is 0 Å². The maximum absolute atomic E-state index is 11.8. The smallest absolute Gasteiger partial charge is 0.237 e. The quantitative estimate of drug-likeness (QED) is 0.498. The molecule has 4 unspecified atom stereocenters. The summed E-state index contributed by atoms with van der Waals surface area (Å²) in [5.41, 5.74) is 0. The van der Waals surface area contributed by atoms with Crippen LogP contribution in [-0.4, -0.2) is 59.0 Å². The van der Waals surface area contributed by atoms with Crippen LogP contribution in [-0.2, 0) is 4.79 Å². The van der Waals surface area contributed by atoms with Crippen LogP contribution in [0.4, 0.5) is 0 Å². The van der Waals surface area contributed by atoms with Gasteiger partial charge in [0.1, 0.15) is 0 Å². The Hall–Kier alpha value is -0.300. The van der Waals surface area contributed by atoms with Gasteiger partial charge in [0.15, 0.2) is 0 Å². The minimum atomic E-state index is -0.430. The van der Waals surface area contributed by atoms with E-state index in [1.54, 1.807) is 0 Å². The molecule has 1 aliphatic rings. The molecule has 0 aliphatic carbocycles. The standard InChI is InChI=1S/C10H20N2O3S/c1-6(9(5-13)16-2)12-10(15)8-3-7(14)4-11-8/h6-9,11,13-14H,3-5H2,1-2H3,(H,12,15). The van der Waals surface area contributed by atoms with E-state index in [1.807, 2.05) is 13.2 Å². The number of amides is 1. The molecule has 1 heterocycles. The average Bonchev–Trinajstić information content (AvgIpc) is 2.66. The molecule has 1 saturated heterocycles. The molecular formula is C10H20N2O3S. The van der Waals surface area contributed by atoms with E-state index in [0.717, 1.165) is 0 Å². The van der Waals surface area contributed by atoms with Crippen LogP contribution in [0.1, 0.15) is 13.3 Å². The van der Waals surface area contributed by atoms with Crippen molar-refractivity contribution in [2.75, 3.05) is 19.4 Å². The van der Waals surface area contributed by atoms with Gasteiger partial charge in [0.05, 0.1) is 18.8 Å². The molecule has 0 aromatic heterocycles. The fraction of sp³-hybridized carbons (Fsp3) is 0.900. The third-order valence-electron chi connectivity index (χ3n) is 2.83. The Bertz CT molecular complexity index is 236. The second-order valence-electron chi connectivity index (χ2n) is 4.10. The predicted molar refractivity (Wildman–Crippen MR) is 64.4 cm³/mol. The van der Waals surface area contributed by atoms with Gasteiger partial charge in [-0.2, -0.15) is 11.8 Å². The van der Waals surface area contributed by atoms with Crippen LogP contribution in [0.15, 0.2) is 0 Å². The lowest BCUT2D eigenvalue weighted by Crippen LogP contribution is -2.48. The maximum atomic E-state index is 11.8. The molecule has 0 bridgehead atoms. The summed E-state index contributed by atoms with van der Waals surface area (Å²) >= 11 is 1.53. The van der Waals surface area contributed by atoms with Crippen molar-refractivity contribution in [3.05, 3.63) is 0 Å². The molecule has 16 heavy (non-hydrogen) atoms. The van der Waals surface area contributed by atoms with Crippen molar-refractivity contribution in [3.8, 4) is 0 Å². The molecule has 0 spiro atoms. The van der Waals surface area contributed by atoms with Crippen molar-refractivity contribution in [1.29, 1.82) is 0 Å². The molecule has 94 valence electrons. The fourth-order valence-corrected chi connectivity index (χ4v) is 2.40. The number of thioether (sulfide) groups is 1. The Kier molecular flexibility index (Phi) is 5.54. The SMILES string of the molecule is CSC(CO)C(C)NC(=O)C1CC(O)CN1. The van der Waals surface area contributed by atoms with Gasteiger partial charge in [-0.3, -0.25) is 4.79 Å². The molecule has 5 nitrogen and oxygen atoms in total. The first-order chi connectivity index (χ1) is 7.58. The fourth-order valence-electron chi connectivity index (χ4n) is 1.77. The van der Waals surface area contributed by atoms with Crippen LogP contribution < -0.4 is 10.6 Å². The van der Waals surface area contributed by atoms with Crippen molar-refractivity contribution in [2.45, 2.75) is 36.8 Å². The van der Waals surface area contributed by atoms with Gasteiger partial charge in [-0.05, 0) is 19.6 Å². The van der Waals surface area contributed by atoms with Crippen molar-refractivity contribution in [2.24, 2.45) is 0 Å². The summed E-state index contributed by atoms with van der Waals surface area (Å²) in [7, 11) is 0. The highest BCUT2D eigenvalue weighted by Gasteiger charge is 2.29. The molecular weight excluding hydrogens is 228 g/mol. The van der Waals surface area contributed by atoms with E-state index in [-0.39, 0.29) is 29.8 Å². The Balaban J connectivity index is 2.38. The number of hydrogen-bond acceptors (Lipinski definition) is 5. The lowest BCUT2D eigenvalue weighted by Gasteiger charge is -2.23. The van der Waals surface area contributed by atoms with Gasteiger partial charge in [0, 0.05) is 17.8 Å². The molecule has 4 N–H and O–H groups in total. The number of nitrogens with one attached hydrogen (secondary N) is 2. The van der Waals surface area contributed by atoms with Gasteiger partial charge in [-0.1, -0.05) is 0 Å². The molecule has 1 aliphatic heterocycles. The van der Waals surface area contributed by atoms with Gasteiger partial charge in [-0.25, -0.2) is 0 Å². The summed E-state index contributed by atoms with van der Waals surface area (Å²) in [5.74, 6) is -0.100. The summed E-state index contributed by atoms with van der Waals surface area (Å²) in [6, 6.07) is -0.384. The zero-order chi connectivity index (χ0) is 12.1. The topological polar surface area (TPSA) is 81.6 Å². The first-order valence-corrected chi connectivity index (χ1v) is 6.72. The van der Waals surface area contributed by atoms with Crippen molar-refractivity contribution < 1.29 is 15.0 Å². The van der Waals surface area contributed by atoms with Crippen LogP contribution in [0.2, 0.25) is 0 Å². The van der Waals surface area contributed by atoms with Gasteiger partial charge in [0.2, 0.25) is 5.91 Å². The van der Waals surface area contributed by atoms with Crippen LogP contribution in [0.5, 0.6) is 0 Å². The number of carbonyl (C=O) groups excluding carboxylic acids is 1. The number of aliphatic hydroxyl groups excluding tert-OH is 2. The molecule has 1 amide bonds. The van der Waals surface area contributed by atoms with E-state index in [1.165, 1.54) is 11.8 Å². The zero-order valence-electron chi connectivity index (χ0n) is 9.64. The van der Waals surface area contributed by atoms with Gasteiger partial charge >= 0.3 is 0 Å². The van der Waals surface area contributed by atoms with E-state index >= 15 is 0 Å². The minimum Gasteiger partial charge on any atom is -0.395 e. The third kappa shape index (κ3) is 3.62. The summed E-state index contributed by atoms with van der Waals surface area (Å²) in [4.78, 5) is 11.8. The van der Waals surface area contributed by atoms with Gasteiger partial charge in [0.25, 0.3) is 0 Å². The van der Waals surface area contributed by atoms with Crippen LogP contribution in [0.25, 0.3) is 0 Å². The van der Waals surface area contributed by atoms with Gasteiger partial charge in [-0.15, -0.1) is 0 Å². The normalized spacial score (nSPS) is 28.8. The molecule has 0 aromatic rings. The summed E-state index contributed by atoms with van der Waals surface area (Å²) in [6.07, 6.45) is 1.93. The van der Waals surface area contributed by atoms with Crippen molar-refractivity contribution >= 4 is 17.7 Å². The number of aliphatic hydroxyl groups is 2. The number of β-amino-alcohol motifs (C(OH)–C–C–N with tert-alkyl or cyclic N) is 1. The van der Waals surface area contributed by atoms with Gasteiger partial charge < -0.3 is 20.8 Å². The third-order valence-corrected chi connectivity index (χ3v) is 4.00. The Morgan fingerprint density at radius 3 is 2.81 bits per heavy atom. The Morgan fingerprint density at radius 1 is 1.69 bits per heavy atom. The largest absolute Gasteiger partial charge is 0.395 e. The first-order valence-electron chi connectivity index (χ1n) is 5.44. The van der Waals surface area contributed by atoms with E-state index in [4.69, 9.17) is 5.11 Å². The molecule has 4 atom stereocenters. The van der Waals surface area contributed by atoms with Crippen LogP contribution in [0, 0.1) is 0 Å². The second-order valence-corrected chi connectivity index (χ2v) is 5.18. The second kappa shape index (κ2) is 6.44. The number of hydrogen-bond donors (Lipinski definition) is 4. The van der Waals surface area contributed by atoms with E-state index in [9.17, 15) is 9.90 Å². The molecule has 1 fully saturated rings. The molecule has 1 rings (SSSR count). The Labute approximate surface area is 100.0 Å². The molecule has 0 aromatic carbocycles. The lowest BCUT2D eigenvalue weighted by atomic mass is 10.1. The zero-order valence-corrected chi connectivity index (χ0v) is 10.5. The molecule has 0 saturated carbocycles. The van der Waals surface area contributed by atoms with Crippen LogP contribution >= 0.6 is 11.8 Å². The van der Waals surface area contributed by atoms with E-state index in [2.05, 4.69) is 10.6 Å². The highest BCUT2D eigenvalue weighted by molar-refractivity contribution is 7.99.